The predicted molar refractivity (Wildman–Crippen MR) is 72.4 cm³/mol. The Labute approximate surface area is 119 Å². The van der Waals surface area contributed by atoms with E-state index in [1.807, 2.05) is 6.92 Å². The van der Waals surface area contributed by atoms with Gasteiger partial charge >= 0.3 is 5.97 Å². The molecule has 0 aromatic carbocycles. The van der Waals surface area contributed by atoms with Gasteiger partial charge in [0.05, 0.1) is 12.0 Å². The fraction of sp³-hybridized carbons (Fsp3) is 0.917. The number of aliphatic carboxylic acids is 1. The van der Waals surface area contributed by atoms with E-state index in [1.165, 1.54) is 4.31 Å². The van der Waals surface area contributed by atoms with E-state index in [1.54, 1.807) is 0 Å². The maximum absolute atomic E-state index is 12.2. The van der Waals surface area contributed by atoms with Gasteiger partial charge in [-0.15, -0.1) is 0 Å². The van der Waals surface area contributed by atoms with Crippen LogP contribution in [0.25, 0.3) is 0 Å². The van der Waals surface area contributed by atoms with Crippen LogP contribution < -0.4 is 4.72 Å². The highest BCUT2D eigenvalue weighted by atomic mass is 32.2. The Kier molecular flexibility index (Phi) is 5.00. The molecule has 0 aromatic rings. The molecule has 2 N–H and O–H groups in total. The first-order valence-electron chi connectivity index (χ1n) is 6.99. The summed E-state index contributed by atoms with van der Waals surface area (Å²) in [5, 5.41) is 9.00. The summed E-state index contributed by atoms with van der Waals surface area (Å²) in [6.45, 7) is 3.39. The second kappa shape index (κ2) is 6.38. The van der Waals surface area contributed by atoms with E-state index in [0.717, 1.165) is 6.42 Å². The molecule has 20 heavy (non-hydrogen) atoms. The van der Waals surface area contributed by atoms with Crippen LogP contribution in [-0.2, 0) is 19.7 Å². The molecule has 0 bridgehead atoms. The van der Waals surface area contributed by atoms with Crippen molar-refractivity contribution in [3.8, 4) is 0 Å². The van der Waals surface area contributed by atoms with Crippen LogP contribution in [0.4, 0.5) is 0 Å². The van der Waals surface area contributed by atoms with E-state index in [0.29, 0.717) is 32.5 Å². The molecule has 0 aliphatic carbocycles. The minimum absolute atomic E-state index is 0.0569. The van der Waals surface area contributed by atoms with Crippen molar-refractivity contribution in [2.45, 2.75) is 32.3 Å². The highest BCUT2D eigenvalue weighted by Gasteiger charge is 2.33. The monoisotopic (exact) mass is 306 g/mol. The zero-order valence-electron chi connectivity index (χ0n) is 11.6. The van der Waals surface area contributed by atoms with Gasteiger partial charge in [-0.25, -0.2) is 4.72 Å². The Morgan fingerprint density at radius 3 is 2.80 bits per heavy atom. The molecule has 3 unspecified atom stereocenters. The summed E-state index contributed by atoms with van der Waals surface area (Å²) in [5.41, 5.74) is 0. The van der Waals surface area contributed by atoms with Crippen LogP contribution in [0.2, 0.25) is 0 Å². The molecule has 3 atom stereocenters. The number of hydrogen-bond acceptors (Lipinski definition) is 4. The molecule has 8 heteroatoms. The van der Waals surface area contributed by atoms with Crippen molar-refractivity contribution in [3.05, 3.63) is 0 Å². The van der Waals surface area contributed by atoms with Crippen LogP contribution in [0.1, 0.15) is 26.2 Å². The number of carboxylic acid groups (broad SMARTS) is 1. The van der Waals surface area contributed by atoms with Crippen molar-refractivity contribution in [2.24, 2.45) is 11.8 Å². The van der Waals surface area contributed by atoms with Crippen molar-refractivity contribution < 1.29 is 23.1 Å². The Morgan fingerprint density at radius 2 is 2.20 bits per heavy atom. The van der Waals surface area contributed by atoms with Crippen molar-refractivity contribution in [3.63, 3.8) is 0 Å². The lowest BCUT2D eigenvalue weighted by atomic mass is 10.0. The minimum atomic E-state index is -3.60. The van der Waals surface area contributed by atoms with Crippen LogP contribution in [0.15, 0.2) is 0 Å². The molecule has 0 radical (unpaired) electrons. The van der Waals surface area contributed by atoms with Crippen LogP contribution in [0.5, 0.6) is 0 Å². The molecule has 2 aliphatic rings. The predicted octanol–water partition coefficient (Wildman–Crippen LogP) is 0.0424. The zero-order chi connectivity index (χ0) is 14.8. The number of piperidine rings is 1. The average molecular weight is 306 g/mol. The lowest BCUT2D eigenvalue weighted by Crippen LogP contribution is -2.48. The SMILES string of the molecule is CC1OCCC1CNS(=O)(=O)N1CCCC(C(=O)O)C1. The smallest absolute Gasteiger partial charge is 0.307 e. The van der Waals surface area contributed by atoms with Gasteiger partial charge in [-0.3, -0.25) is 4.79 Å². The number of rotatable bonds is 5. The van der Waals surface area contributed by atoms with Gasteiger partial charge in [-0.1, -0.05) is 0 Å². The van der Waals surface area contributed by atoms with Gasteiger partial charge in [0.25, 0.3) is 10.2 Å². The molecular weight excluding hydrogens is 284 g/mol. The number of carboxylic acids is 1. The van der Waals surface area contributed by atoms with Gasteiger partial charge in [0.2, 0.25) is 0 Å². The first-order chi connectivity index (χ1) is 9.40. The lowest BCUT2D eigenvalue weighted by Gasteiger charge is -2.30. The third-order valence-corrected chi connectivity index (χ3v) is 5.68. The van der Waals surface area contributed by atoms with Gasteiger partial charge in [0, 0.05) is 32.2 Å². The number of ether oxygens (including phenoxy) is 1. The lowest BCUT2D eigenvalue weighted by molar-refractivity contribution is -0.142. The molecule has 0 amide bonds. The summed E-state index contributed by atoms with van der Waals surface area (Å²) in [5.74, 6) is -1.35. The molecule has 0 spiro atoms. The van der Waals surface area contributed by atoms with Crippen molar-refractivity contribution in [1.82, 2.24) is 9.03 Å². The van der Waals surface area contributed by atoms with Crippen molar-refractivity contribution in [1.29, 1.82) is 0 Å². The summed E-state index contributed by atoms with van der Waals surface area (Å²) in [6, 6.07) is 0. The normalized spacial score (nSPS) is 32.4. The Balaban J connectivity index is 1.90. The van der Waals surface area contributed by atoms with Gasteiger partial charge in [-0.2, -0.15) is 12.7 Å². The highest BCUT2D eigenvalue weighted by Crippen LogP contribution is 2.21. The fourth-order valence-corrected chi connectivity index (χ4v) is 4.06. The average Bonchev–Trinajstić information content (AvgIpc) is 2.82. The largest absolute Gasteiger partial charge is 0.481 e. The summed E-state index contributed by atoms with van der Waals surface area (Å²) < 4.78 is 33.6. The maximum atomic E-state index is 12.2. The molecule has 2 saturated heterocycles. The van der Waals surface area contributed by atoms with Crippen molar-refractivity contribution in [2.75, 3.05) is 26.2 Å². The molecule has 7 nitrogen and oxygen atoms in total. The summed E-state index contributed by atoms with van der Waals surface area (Å²) in [4.78, 5) is 11.0. The van der Waals surface area contributed by atoms with E-state index in [4.69, 9.17) is 9.84 Å². The molecule has 0 saturated carbocycles. The molecule has 116 valence electrons. The number of carbonyl (C=O) groups is 1. The van der Waals surface area contributed by atoms with E-state index >= 15 is 0 Å². The van der Waals surface area contributed by atoms with Gasteiger partial charge in [0.1, 0.15) is 0 Å². The summed E-state index contributed by atoms with van der Waals surface area (Å²) in [6.07, 6.45) is 2.03. The fourth-order valence-electron chi connectivity index (χ4n) is 2.71. The second-order valence-electron chi connectivity index (χ2n) is 5.51. The van der Waals surface area contributed by atoms with Gasteiger partial charge in [-0.05, 0) is 26.2 Å². The molecule has 2 fully saturated rings. The first-order valence-corrected chi connectivity index (χ1v) is 8.43. The number of nitrogens with one attached hydrogen (secondary N) is 1. The second-order valence-corrected chi connectivity index (χ2v) is 7.27. The van der Waals surface area contributed by atoms with Gasteiger partial charge < -0.3 is 9.84 Å². The Hall–Kier alpha value is -0.700. The molecule has 2 rings (SSSR count). The summed E-state index contributed by atoms with van der Waals surface area (Å²) >= 11 is 0. The third kappa shape index (κ3) is 3.69. The third-order valence-electron chi connectivity index (χ3n) is 4.13. The maximum Gasteiger partial charge on any atom is 0.307 e. The highest BCUT2D eigenvalue weighted by molar-refractivity contribution is 7.87. The van der Waals surface area contributed by atoms with Crippen LogP contribution >= 0.6 is 0 Å². The quantitative estimate of drug-likeness (QED) is 0.748. The van der Waals surface area contributed by atoms with Crippen LogP contribution in [-0.4, -0.2) is 56.1 Å². The molecule has 2 aliphatic heterocycles. The summed E-state index contributed by atoms with van der Waals surface area (Å²) in [7, 11) is -3.60. The Bertz CT molecular complexity index is 453. The van der Waals surface area contributed by atoms with E-state index in [-0.39, 0.29) is 18.6 Å². The molecular formula is C12H22N2O5S. The van der Waals surface area contributed by atoms with Gasteiger partial charge in [0.15, 0.2) is 0 Å². The van der Waals surface area contributed by atoms with E-state index in [2.05, 4.69) is 4.72 Å². The van der Waals surface area contributed by atoms with Crippen LogP contribution in [0, 0.1) is 11.8 Å². The standard InChI is InChI=1S/C12H22N2O5S/c1-9-10(4-6-19-9)7-13-20(17,18)14-5-2-3-11(8-14)12(15)16/h9-11,13H,2-8H2,1H3,(H,15,16). The topological polar surface area (TPSA) is 95.9 Å². The Morgan fingerprint density at radius 1 is 1.45 bits per heavy atom. The zero-order valence-corrected chi connectivity index (χ0v) is 12.4. The number of hydrogen-bond donors (Lipinski definition) is 2. The number of nitrogens with zero attached hydrogens (tertiary/aromatic N) is 1. The molecule has 0 aromatic heterocycles. The van der Waals surface area contributed by atoms with E-state index < -0.39 is 22.1 Å². The van der Waals surface area contributed by atoms with E-state index in [9.17, 15) is 13.2 Å². The minimum Gasteiger partial charge on any atom is -0.481 e. The van der Waals surface area contributed by atoms with Crippen LogP contribution in [0.3, 0.4) is 0 Å². The molecule has 2 heterocycles. The van der Waals surface area contributed by atoms with Crippen molar-refractivity contribution >= 4 is 16.2 Å². The first kappa shape index (κ1) is 15.7.